The number of aromatic hydroxyl groups is 1. The van der Waals surface area contributed by atoms with Gasteiger partial charge in [-0.05, 0) is 36.8 Å². The quantitative estimate of drug-likeness (QED) is 0.816. The summed E-state index contributed by atoms with van der Waals surface area (Å²) in [5.41, 5.74) is 4.44. The van der Waals surface area contributed by atoms with E-state index >= 15 is 0 Å². The molecule has 1 N–H and O–H groups in total. The van der Waals surface area contributed by atoms with Crippen LogP contribution in [0.3, 0.4) is 0 Å². The van der Waals surface area contributed by atoms with Gasteiger partial charge in [-0.1, -0.05) is 26.8 Å². The van der Waals surface area contributed by atoms with E-state index in [4.69, 9.17) is 11.6 Å². The van der Waals surface area contributed by atoms with Crippen LogP contribution in [0.2, 0.25) is 0 Å². The smallest absolute Gasteiger partial charge is 0.146 e. The molecule has 0 spiro atoms. The number of hydrogen-bond donors (Lipinski definition) is 1. The number of halogens is 1. The summed E-state index contributed by atoms with van der Waals surface area (Å²) in [4.78, 5) is 1.57. The van der Waals surface area contributed by atoms with Crippen LogP contribution in [0, 0.1) is 6.92 Å². The van der Waals surface area contributed by atoms with Gasteiger partial charge in [0.1, 0.15) is 11.4 Å². The van der Waals surface area contributed by atoms with Crippen LogP contribution in [-0.4, -0.2) is 25.5 Å². The number of nitrogens with zero attached hydrogens (tertiary/aromatic N) is 3. The number of aromatic nitrogens is 3. The maximum absolute atomic E-state index is 10.7. The molecule has 1 atom stereocenters. The van der Waals surface area contributed by atoms with E-state index in [1.807, 2.05) is 19.1 Å². The summed E-state index contributed by atoms with van der Waals surface area (Å²) in [5, 5.41) is 19.9. The predicted molar refractivity (Wildman–Crippen MR) is 88.1 cm³/mol. The lowest BCUT2D eigenvalue weighted by atomic mass is 9.85. The van der Waals surface area contributed by atoms with E-state index in [1.54, 1.807) is 4.80 Å². The van der Waals surface area contributed by atoms with Crippen LogP contribution in [0.15, 0.2) is 12.1 Å². The van der Waals surface area contributed by atoms with Crippen molar-refractivity contribution in [3.05, 3.63) is 34.6 Å². The number of hydrogen-bond acceptors (Lipinski definition) is 3. The first-order chi connectivity index (χ1) is 10.3. The molecule has 3 rings (SSSR count). The van der Waals surface area contributed by atoms with E-state index in [-0.39, 0.29) is 16.5 Å². The van der Waals surface area contributed by atoms with Crippen LogP contribution in [0.1, 0.15) is 49.7 Å². The fourth-order valence-electron chi connectivity index (χ4n) is 2.92. The van der Waals surface area contributed by atoms with Crippen molar-refractivity contribution >= 4 is 11.6 Å². The maximum Gasteiger partial charge on any atom is 0.146 e. The molecule has 0 saturated heterocycles. The van der Waals surface area contributed by atoms with E-state index in [0.717, 1.165) is 41.8 Å². The number of fused-ring (bicyclic) bond motifs is 1. The Morgan fingerprint density at radius 1 is 1.23 bits per heavy atom. The van der Waals surface area contributed by atoms with Gasteiger partial charge < -0.3 is 5.11 Å². The third kappa shape index (κ3) is 2.72. The predicted octanol–water partition coefficient (Wildman–Crippen LogP) is 3.67. The first-order valence-electron chi connectivity index (χ1n) is 7.69. The molecule has 1 aliphatic rings. The van der Waals surface area contributed by atoms with Gasteiger partial charge in [0.15, 0.2) is 0 Å². The van der Waals surface area contributed by atoms with Crippen LogP contribution >= 0.6 is 11.6 Å². The van der Waals surface area contributed by atoms with Gasteiger partial charge in [-0.15, -0.1) is 16.4 Å². The van der Waals surface area contributed by atoms with Crippen molar-refractivity contribution in [3.8, 4) is 11.4 Å². The van der Waals surface area contributed by atoms with Gasteiger partial charge in [-0.3, -0.25) is 0 Å². The highest BCUT2D eigenvalue weighted by atomic mass is 35.5. The Morgan fingerprint density at radius 2 is 1.91 bits per heavy atom. The molecule has 0 fully saturated rings. The lowest BCUT2D eigenvalue weighted by Gasteiger charge is -2.22. The Morgan fingerprint density at radius 3 is 2.59 bits per heavy atom. The zero-order chi connectivity index (χ0) is 16.1. The third-order valence-corrected chi connectivity index (χ3v) is 4.50. The van der Waals surface area contributed by atoms with E-state index in [9.17, 15) is 5.11 Å². The molecular formula is C17H22ClN3O. The van der Waals surface area contributed by atoms with Gasteiger partial charge in [0.05, 0.1) is 11.4 Å². The van der Waals surface area contributed by atoms with Gasteiger partial charge in [-0.2, -0.15) is 10.2 Å². The van der Waals surface area contributed by atoms with Crippen molar-refractivity contribution in [3.63, 3.8) is 0 Å². The lowest BCUT2D eigenvalue weighted by molar-refractivity contribution is 0.439. The van der Waals surface area contributed by atoms with E-state index in [2.05, 4.69) is 31.0 Å². The van der Waals surface area contributed by atoms with Gasteiger partial charge in [0.25, 0.3) is 0 Å². The van der Waals surface area contributed by atoms with Crippen LogP contribution in [-0.2, 0) is 18.3 Å². The van der Waals surface area contributed by atoms with Gasteiger partial charge >= 0.3 is 0 Å². The molecule has 1 heterocycles. The summed E-state index contributed by atoms with van der Waals surface area (Å²) in [5.74, 6) is 0.257. The monoisotopic (exact) mass is 319 g/mol. The number of alkyl halides is 1. The molecule has 0 saturated carbocycles. The lowest BCUT2D eigenvalue weighted by Crippen LogP contribution is -2.13. The molecule has 22 heavy (non-hydrogen) atoms. The number of rotatable bonds is 1. The maximum atomic E-state index is 10.7. The molecule has 0 radical (unpaired) electrons. The minimum absolute atomic E-state index is 0.133. The summed E-state index contributed by atoms with van der Waals surface area (Å²) >= 11 is 6.21. The van der Waals surface area contributed by atoms with Crippen LogP contribution in [0.4, 0.5) is 0 Å². The number of phenolic OH excluding ortho intramolecular Hbond substituents is 1. The number of benzene rings is 1. The fourth-order valence-corrected chi connectivity index (χ4v) is 3.17. The minimum atomic E-state index is -0.140. The zero-order valence-corrected chi connectivity index (χ0v) is 14.3. The minimum Gasteiger partial charge on any atom is -0.505 e. The van der Waals surface area contributed by atoms with E-state index in [0.29, 0.717) is 5.69 Å². The Balaban J connectivity index is 2.11. The molecule has 0 bridgehead atoms. The van der Waals surface area contributed by atoms with Gasteiger partial charge in [0.2, 0.25) is 0 Å². The average molecular weight is 320 g/mol. The van der Waals surface area contributed by atoms with Crippen LogP contribution in [0.5, 0.6) is 5.75 Å². The summed E-state index contributed by atoms with van der Waals surface area (Å²) in [6.07, 6.45) is 2.53. The topological polar surface area (TPSA) is 50.9 Å². The molecule has 0 amide bonds. The van der Waals surface area contributed by atoms with Crippen molar-refractivity contribution in [1.82, 2.24) is 15.0 Å². The molecule has 1 aromatic carbocycles. The summed E-state index contributed by atoms with van der Waals surface area (Å²) < 4.78 is 0. The molecule has 4 nitrogen and oxygen atoms in total. The Kier molecular flexibility index (Phi) is 3.68. The van der Waals surface area contributed by atoms with E-state index in [1.165, 1.54) is 0 Å². The molecule has 2 aromatic rings. The molecule has 0 aliphatic heterocycles. The average Bonchev–Trinajstić information content (AvgIpc) is 2.82. The third-order valence-electron chi connectivity index (χ3n) is 4.13. The van der Waals surface area contributed by atoms with Crippen molar-refractivity contribution in [2.45, 2.75) is 57.7 Å². The SMILES string of the molecule is Cc1cc(-n2nc3c(n2)CC(Cl)CC3)c(O)c(C(C)(C)C)c1. The van der Waals surface area contributed by atoms with Crippen molar-refractivity contribution in [1.29, 1.82) is 0 Å². The molecule has 1 aromatic heterocycles. The van der Waals surface area contributed by atoms with Gasteiger partial charge in [-0.25, -0.2) is 0 Å². The van der Waals surface area contributed by atoms with Crippen molar-refractivity contribution in [2.75, 3.05) is 0 Å². The Hall–Kier alpha value is -1.55. The summed E-state index contributed by atoms with van der Waals surface area (Å²) in [7, 11) is 0. The Bertz CT molecular complexity index is 715. The van der Waals surface area contributed by atoms with Gasteiger partial charge in [0, 0.05) is 17.4 Å². The largest absolute Gasteiger partial charge is 0.505 e. The first-order valence-corrected chi connectivity index (χ1v) is 8.13. The number of phenols is 1. The second-order valence-electron chi connectivity index (χ2n) is 7.15. The zero-order valence-electron chi connectivity index (χ0n) is 13.5. The molecular weight excluding hydrogens is 298 g/mol. The second-order valence-corrected chi connectivity index (χ2v) is 7.77. The van der Waals surface area contributed by atoms with Crippen molar-refractivity contribution < 1.29 is 5.11 Å². The standard InChI is InChI=1S/C17H22ClN3O/c1-10-7-12(17(2,3)4)16(22)15(8-10)21-19-13-6-5-11(18)9-14(13)20-21/h7-8,11,22H,5-6,9H2,1-4H3. The first kappa shape index (κ1) is 15.3. The van der Waals surface area contributed by atoms with Crippen molar-refractivity contribution in [2.24, 2.45) is 0 Å². The summed E-state index contributed by atoms with van der Waals surface area (Å²) in [6.45, 7) is 8.29. The highest BCUT2D eigenvalue weighted by Crippen LogP contribution is 2.36. The highest BCUT2D eigenvalue weighted by molar-refractivity contribution is 6.20. The highest BCUT2D eigenvalue weighted by Gasteiger charge is 2.25. The van der Waals surface area contributed by atoms with Crippen LogP contribution in [0.25, 0.3) is 5.69 Å². The van der Waals surface area contributed by atoms with Crippen LogP contribution < -0.4 is 0 Å². The summed E-state index contributed by atoms with van der Waals surface area (Å²) in [6, 6.07) is 3.95. The molecule has 1 aliphatic carbocycles. The number of aryl methyl sites for hydroxylation is 2. The molecule has 5 heteroatoms. The molecule has 1 unspecified atom stereocenters. The van der Waals surface area contributed by atoms with E-state index < -0.39 is 0 Å². The second kappa shape index (κ2) is 5.27. The Labute approximate surface area is 136 Å². The molecule has 118 valence electrons. The normalized spacial score (nSPS) is 18.3. The fraction of sp³-hybridized carbons (Fsp3) is 0.529.